The van der Waals surface area contributed by atoms with E-state index in [1.807, 2.05) is 0 Å². The van der Waals surface area contributed by atoms with Crippen molar-refractivity contribution >= 4 is 32.3 Å². The molecule has 0 saturated heterocycles. The van der Waals surface area contributed by atoms with E-state index < -0.39 is 5.41 Å². The van der Waals surface area contributed by atoms with Crippen molar-refractivity contribution in [2.75, 3.05) is 0 Å². The molecule has 1 spiro atoms. The molecule has 12 rings (SSSR count). The van der Waals surface area contributed by atoms with Crippen LogP contribution in [0.2, 0.25) is 0 Å². The highest BCUT2D eigenvalue weighted by molar-refractivity contribution is 6.14. The van der Waals surface area contributed by atoms with Gasteiger partial charge in [-0.25, -0.2) is 0 Å². The second-order valence-electron chi connectivity index (χ2n) is 13.9. The van der Waals surface area contributed by atoms with Crippen molar-refractivity contribution in [2.24, 2.45) is 0 Å². The zero-order chi connectivity index (χ0) is 32.6. The summed E-state index contributed by atoms with van der Waals surface area (Å²) < 4.78 is 6.69. The normalized spacial score (nSPS) is 15.8. The van der Waals surface area contributed by atoms with Crippen LogP contribution in [0.4, 0.5) is 0 Å². The van der Waals surface area contributed by atoms with Crippen molar-refractivity contribution in [3.63, 3.8) is 0 Å². The van der Waals surface area contributed by atoms with Gasteiger partial charge in [0.2, 0.25) is 0 Å². The summed E-state index contributed by atoms with van der Waals surface area (Å²) in [7, 11) is 0. The molecule has 9 aromatic carbocycles. The predicted octanol–water partition coefficient (Wildman–Crippen LogP) is 12.9. The van der Waals surface area contributed by atoms with E-state index >= 15 is 0 Å². The Labute approximate surface area is 289 Å². The maximum Gasteiger partial charge on any atom is 0.135 e. The molecular weight excluding hydrogens is 605 g/mol. The van der Waals surface area contributed by atoms with Crippen LogP contribution in [-0.2, 0) is 5.41 Å². The lowest BCUT2D eigenvalue weighted by Gasteiger charge is -2.40. The standard InChI is InChI=1S/C49H28O/c1-2-12-31-28-45-39(27-30(31)11-1)37-19-9-18-35-32(25-26-44(50-45)48(35)37)34-20-10-24-43-47(34)38-16-4-6-22-41(38)49(43)40-21-5-3-15-33(40)36-17-7-13-29-14-8-23-42(49)46(29)36/h1-28H. The number of benzene rings is 9. The number of hydrogen-bond acceptors (Lipinski definition) is 1. The van der Waals surface area contributed by atoms with Crippen molar-refractivity contribution in [3.8, 4) is 56.0 Å². The van der Waals surface area contributed by atoms with Gasteiger partial charge >= 0.3 is 0 Å². The second kappa shape index (κ2) is 9.37. The van der Waals surface area contributed by atoms with Gasteiger partial charge in [-0.3, -0.25) is 0 Å². The maximum absolute atomic E-state index is 6.69. The molecule has 0 saturated carbocycles. The SMILES string of the molecule is c1ccc2c(c1)-c1c(-c3ccc4c5c(cccc35)-c3cc5ccccc5cc3O4)cccc1C21c2ccccc2-c2cccc3cccc1c23. The Bertz CT molecular complexity index is 2960. The molecule has 230 valence electrons. The predicted molar refractivity (Wildman–Crippen MR) is 206 cm³/mol. The molecule has 1 heteroatoms. The molecule has 0 bridgehead atoms. The molecule has 3 aliphatic rings. The topological polar surface area (TPSA) is 9.23 Å². The van der Waals surface area contributed by atoms with Crippen LogP contribution in [-0.4, -0.2) is 0 Å². The smallest absolute Gasteiger partial charge is 0.135 e. The fourth-order valence-electron chi connectivity index (χ4n) is 9.75. The monoisotopic (exact) mass is 632 g/mol. The van der Waals surface area contributed by atoms with Crippen LogP contribution in [0, 0.1) is 0 Å². The van der Waals surface area contributed by atoms with E-state index in [0.29, 0.717) is 0 Å². The van der Waals surface area contributed by atoms with Crippen molar-refractivity contribution < 1.29 is 4.74 Å². The Morgan fingerprint density at radius 2 is 0.900 bits per heavy atom. The third kappa shape index (κ3) is 3.14. The van der Waals surface area contributed by atoms with E-state index in [0.717, 1.165) is 17.1 Å². The summed E-state index contributed by atoms with van der Waals surface area (Å²) in [5.74, 6) is 1.83. The number of hydrogen-bond donors (Lipinski definition) is 0. The van der Waals surface area contributed by atoms with Crippen LogP contribution < -0.4 is 4.74 Å². The molecule has 0 amide bonds. The van der Waals surface area contributed by atoms with Gasteiger partial charge < -0.3 is 4.74 Å². The Hall–Kier alpha value is -6.44. The van der Waals surface area contributed by atoms with E-state index in [-0.39, 0.29) is 0 Å². The van der Waals surface area contributed by atoms with Crippen LogP contribution in [0.15, 0.2) is 170 Å². The van der Waals surface area contributed by atoms with Gasteiger partial charge in [0, 0.05) is 10.9 Å². The first-order chi connectivity index (χ1) is 24.8. The van der Waals surface area contributed by atoms with Crippen LogP contribution in [0.1, 0.15) is 22.3 Å². The van der Waals surface area contributed by atoms with E-state index in [2.05, 4.69) is 170 Å². The van der Waals surface area contributed by atoms with Crippen LogP contribution in [0.25, 0.3) is 76.8 Å². The molecule has 50 heavy (non-hydrogen) atoms. The zero-order valence-corrected chi connectivity index (χ0v) is 27.1. The van der Waals surface area contributed by atoms with Gasteiger partial charge in [-0.2, -0.15) is 0 Å². The molecule has 0 fully saturated rings. The summed E-state index contributed by atoms with van der Waals surface area (Å²) in [5, 5.41) is 7.43. The Morgan fingerprint density at radius 3 is 1.76 bits per heavy atom. The van der Waals surface area contributed by atoms with Crippen molar-refractivity contribution in [3.05, 3.63) is 192 Å². The van der Waals surface area contributed by atoms with E-state index in [1.165, 1.54) is 93.5 Å². The fraction of sp³-hybridized carbons (Fsp3) is 0.0204. The van der Waals surface area contributed by atoms with Crippen LogP contribution in [0.3, 0.4) is 0 Å². The first kappa shape index (κ1) is 26.5. The maximum atomic E-state index is 6.69. The minimum atomic E-state index is -0.443. The van der Waals surface area contributed by atoms with E-state index in [9.17, 15) is 0 Å². The highest BCUT2D eigenvalue weighted by Gasteiger charge is 2.50. The molecular formula is C49H28O. The number of ether oxygens (including phenoxy) is 1. The van der Waals surface area contributed by atoms with Crippen molar-refractivity contribution in [1.82, 2.24) is 0 Å². The lowest BCUT2D eigenvalue weighted by atomic mass is 9.61. The molecule has 1 heterocycles. The lowest BCUT2D eigenvalue weighted by molar-refractivity contribution is 0.488. The Morgan fingerprint density at radius 1 is 0.320 bits per heavy atom. The first-order valence-electron chi connectivity index (χ1n) is 17.4. The number of fused-ring (bicyclic) bond motifs is 12. The summed E-state index contributed by atoms with van der Waals surface area (Å²) in [5.41, 5.74) is 15.1. The van der Waals surface area contributed by atoms with Gasteiger partial charge in [0.1, 0.15) is 11.5 Å². The minimum Gasteiger partial charge on any atom is -0.456 e. The highest BCUT2D eigenvalue weighted by atomic mass is 16.5. The van der Waals surface area contributed by atoms with Gasteiger partial charge in [-0.05, 0) is 106 Å². The summed E-state index contributed by atoms with van der Waals surface area (Å²) >= 11 is 0. The highest BCUT2D eigenvalue weighted by Crippen LogP contribution is 2.63. The van der Waals surface area contributed by atoms with E-state index in [1.54, 1.807) is 0 Å². The third-order valence-electron chi connectivity index (χ3n) is 11.6. The van der Waals surface area contributed by atoms with E-state index in [4.69, 9.17) is 4.74 Å². The Kier molecular flexibility index (Phi) is 4.97. The van der Waals surface area contributed by atoms with Crippen LogP contribution in [0.5, 0.6) is 11.5 Å². The largest absolute Gasteiger partial charge is 0.456 e. The number of rotatable bonds is 1. The van der Waals surface area contributed by atoms with Crippen molar-refractivity contribution in [2.45, 2.75) is 5.41 Å². The first-order valence-corrected chi connectivity index (χ1v) is 17.4. The summed E-state index contributed by atoms with van der Waals surface area (Å²) in [6, 6.07) is 63.1. The molecule has 0 aromatic heterocycles. The molecule has 1 nitrogen and oxygen atoms in total. The lowest BCUT2D eigenvalue weighted by Crippen LogP contribution is -2.31. The average Bonchev–Trinajstić information content (AvgIpc) is 3.47. The molecule has 1 aliphatic heterocycles. The zero-order valence-electron chi connectivity index (χ0n) is 27.1. The molecule has 1 atom stereocenters. The van der Waals surface area contributed by atoms with Gasteiger partial charge in [0.05, 0.1) is 5.41 Å². The fourth-order valence-corrected chi connectivity index (χ4v) is 9.75. The third-order valence-corrected chi connectivity index (χ3v) is 11.6. The summed E-state index contributed by atoms with van der Waals surface area (Å²) in [6.07, 6.45) is 0. The molecule has 1 unspecified atom stereocenters. The Balaban J connectivity index is 1.18. The quantitative estimate of drug-likeness (QED) is 0.175. The van der Waals surface area contributed by atoms with Gasteiger partial charge in [-0.15, -0.1) is 0 Å². The second-order valence-corrected chi connectivity index (χ2v) is 13.9. The summed E-state index contributed by atoms with van der Waals surface area (Å²) in [4.78, 5) is 0. The van der Waals surface area contributed by atoms with Crippen LogP contribution >= 0.6 is 0 Å². The van der Waals surface area contributed by atoms with Gasteiger partial charge in [0.15, 0.2) is 0 Å². The van der Waals surface area contributed by atoms with Crippen molar-refractivity contribution in [1.29, 1.82) is 0 Å². The van der Waals surface area contributed by atoms with Gasteiger partial charge in [0.25, 0.3) is 0 Å². The summed E-state index contributed by atoms with van der Waals surface area (Å²) in [6.45, 7) is 0. The minimum absolute atomic E-state index is 0.443. The molecule has 2 aliphatic carbocycles. The average molecular weight is 633 g/mol. The van der Waals surface area contributed by atoms with Gasteiger partial charge in [-0.1, -0.05) is 152 Å². The molecule has 0 N–H and O–H groups in total. The molecule has 9 aromatic rings. The molecule has 0 radical (unpaired) electrons.